The molecule has 1 aliphatic rings. The normalized spacial score (nSPS) is 19.5. The van der Waals surface area contributed by atoms with Crippen LogP contribution in [0.4, 0.5) is 0 Å². The van der Waals surface area contributed by atoms with E-state index < -0.39 is 0 Å². The summed E-state index contributed by atoms with van der Waals surface area (Å²) >= 11 is 0. The quantitative estimate of drug-likeness (QED) is 0.899. The lowest BCUT2D eigenvalue weighted by molar-refractivity contribution is 0.0244. The molecule has 17 heavy (non-hydrogen) atoms. The Kier molecular flexibility index (Phi) is 6.34. The van der Waals surface area contributed by atoms with E-state index in [0.29, 0.717) is 12.7 Å². The Labute approximate surface area is 109 Å². The number of ether oxygens (including phenoxy) is 2. The standard InChI is InChI=1S/C13H19NO2.ClH/c1-15-13-7-3-2-5-11(13)10-16-12-6-4-8-14-9-12;/h2-3,5,7,12,14H,4,6,8-10H2,1H3;1H. The minimum Gasteiger partial charge on any atom is -0.496 e. The Morgan fingerprint density at radius 2 is 2.18 bits per heavy atom. The van der Waals surface area contributed by atoms with Crippen LogP contribution in [-0.2, 0) is 11.3 Å². The van der Waals surface area contributed by atoms with Crippen LogP contribution in [0.1, 0.15) is 18.4 Å². The topological polar surface area (TPSA) is 30.5 Å². The van der Waals surface area contributed by atoms with Gasteiger partial charge in [-0.25, -0.2) is 0 Å². The van der Waals surface area contributed by atoms with Gasteiger partial charge in [0.15, 0.2) is 0 Å². The average molecular weight is 258 g/mol. The van der Waals surface area contributed by atoms with E-state index in [1.807, 2.05) is 18.2 Å². The molecule has 1 N–H and O–H groups in total. The molecule has 0 amide bonds. The lowest BCUT2D eigenvalue weighted by Crippen LogP contribution is -2.35. The Balaban J connectivity index is 0.00000144. The van der Waals surface area contributed by atoms with Crippen molar-refractivity contribution in [1.29, 1.82) is 0 Å². The third-order valence-electron chi connectivity index (χ3n) is 2.92. The molecule has 1 saturated heterocycles. The second kappa shape index (κ2) is 7.54. The van der Waals surface area contributed by atoms with Crippen LogP contribution in [0.5, 0.6) is 5.75 Å². The summed E-state index contributed by atoms with van der Waals surface area (Å²) in [6.07, 6.45) is 2.71. The highest BCUT2D eigenvalue weighted by atomic mass is 35.5. The van der Waals surface area contributed by atoms with E-state index in [0.717, 1.165) is 30.8 Å². The van der Waals surface area contributed by atoms with E-state index in [1.54, 1.807) is 7.11 Å². The highest BCUT2D eigenvalue weighted by Crippen LogP contribution is 2.19. The number of rotatable bonds is 4. The summed E-state index contributed by atoms with van der Waals surface area (Å²) in [5, 5.41) is 3.34. The number of piperidine rings is 1. The predicted octanol–water partition coefficient (Wildman–Crippen LogP) is 2.39. The summed E-state index contributed by atoms with van der Waals surface area (Å²) in [7, 11) is 1.70. The molecular weight excluding hydrogens is 238 g/mol. The van der Waals surface area contributed by atoms with E-state index >= 15 is 0 Å². The lowest BCUT2D eigenvalue weighted by atomic mass is 10.1. The minimum absolute atomic E-state index is 0. The van der Waals surface area contributed by atoms with E-state index in [2.05, 4.69) is 11.4 Å². The summed E-state index contributed by atoms with van der Waals surface area (Å²) in [5.41, 5.74) is 1.12. The van der Waals surface area contributed by atoms with Crippen molar-refractivity contribution in [2.75, 3.05) is 20.2 Å². The van der Waals surface area contributed by atoms with Crippen LogP contribution < -0.4 is 10.1 Å². The third kappa shape index (κ3) is 4.19. The van der Waals surface area contributed by atoms with Gasteiger partial charge in [0, 0.05) is 12.1 Å². The average Bonchev–Trinajstić information content (AvgIpc) is 2.38. The van der Waals surface area contributed by atoms with Gasteiger partial charge in [-0.3, -0.25) is 0 Å². The predicted molar refractivity (Wildman–Crippen MR) is 70.9 cm³/mol. The van der Waals surface area contributed by atoms with Crippen LogP contribution in [0.25, 0.3) is 0 Å². The maximum Gasteiger partial charge on any atom is 0.124 e. The molecule has 1 unspecified atom stereocenters. The van der Waals surface area contributed by atoms with Gasteiger partial charge in [0.2, 0.25) is 0 Å². The Bertz CT molecular complexity index is 327. The van der Waals surface area contributed by atoms with Gasteiger partial charge < -0.3 is 14.8 Å². The van der Waals surface area contributed by atoms with Gasteiger partial charge in [0.25, 0.3) is 0 Å². The summed E-state index contributed by atoms with van der Waals surface area (Å²) < 4.78 is 11.2. The minimum atomic E-state index is 0. The Morgan fingerprint density at radius 3 is 2.88 bits per heavy atom. The fourth-order valence-corrected chi connectivity index (χ4v) is 1.99. The molecular formula is C13H20ClNO2. The van der Waals surface area contributed by atoms with E-state index in [1.165, 1.54) is 6.42 Å². The number of methoxy groups -OCH3 is 1. The lowest BCUT2D eigenvalue weighted by Gasteiger charge is -2.23. The third-order valence-corrected chi connectivity index (χ3v) is 2.92. The van der Waals surface area contributed by atoms with Crippen molar-refractivity contribution in [3.05, 3.63) is 29.8 Å². The first-order valence-electron chi connectivity index (χ1n) is 5.84. The van der Waals surface area contributed by atoms with Crippen LogP contribution in [-0.4, -0.2) is 26.3 Å². The van der Waals surface area contributed by atoms with Crippen LogP contribution >= 0.6 is 12.4 Å². The van der Waals surface area contributed by atoms with Crippen LogP contribution in [0.2, 0.25) is 0 Å². The zero-order chi connectivity index (χ0) is 11.2. The molecule has 0 saturated carbocycles. The SMILES string of the molecule is COc1ccccc1COC1CCCNC1.Cl. The summed E-state index contributed by atoms with van der Waals surface area (Å²) in [5.74, 6) is 0.909. The number of nitrogens with one attached hydrogen (secondary N) is 1. The van der Waals surface area contributed by atoms with E-state index in [9.17, 15) is 0 Å². The number of para-hydroxylation sites is 1. The first-order chi connectivity index (χ1) is 7.90. The molecule has 1 atom stereocenters. The number of halogens is 1. The van der Waals surface area contributed by atoms with Crippen molar-refractivity contribution in [3.63, 3.8) is 0 Å². The van der Waals surface area contributed by atoms with E-state index in [4.69, 9.17) is 9.47 Å². The molecule has 1 aliphatic heterocycles. The zero-order valence-electron chi connectivity index (χ0n) is 10.1. The largest absolute Gasteiger partial charge is 0.496 e. The molecule has 1 fully saturated rings. The van der Waals surface area contributed by atoms with Crippen molar-refractivity contribution < 1.29 is 9.47 Å². The molecule has 1 heterocycles. The van der Waals surface area contributed by atoms with Gasteiger partial charge in [-0.2, -0.15) is 0 Å². The maximum absolute atomic E-state index is 5.87. The summed E-state index contributed by atoms with van der Waals surface area (Å²) in [6.45, 7) is 2.72. The molecule has 0 aromatic heterocycles. The Morgan fingerprint density at radius 1 is 1.35 bits per heavy atom. The fraction of sp³-hybridized carbons (Fsp3) is 0.538. The molecule has 1 aromatic carbocycles. The molecule has 0 radical (unpaired) electrons. The summed E-state index contributed by atoms with van der Waals surface area (Å²) in [4.78, 5) is 0. The van der Waals surface area contributed by atoms with Crippen molar-refractivity contribution in [2.24, 2.45) is 0 Å². The molecule has 3 nitrogen and oxygen atoms in total. The van der Waals surface area contributed by atoms with Gasteiger partial charge in [0.05, 0.1) is 19.8 Å². The van der Waals surface area contributed by atoms with Gasteiger partial charge in [0.1, 0.15) is 5.75 Å². The van der Waals surface area contributed by atoms with Gasteiger partial charge in [-0.15, -0.1) is 12.4 Å². The Hall–Kier alpha value is -0.770. The second-order valence-corrected chi connectivity index (χ2v) is 4.09. The van der Waals surface area contributed by atoms with Gasteiger partial charge >= 0.3 is 0 Å². The smallest absolute Gasteiger partial charge is 0.124 e. The molecule has 4 heteroatoms. The van der Waals surface area contributed by atoms with Crippen LogP contribution in [0, 0.1) is 0 Å². The highest BCUT2D eigenvalue weighted by molar-refractivity contribution is 5.85. The van der Waals surface area contributed by atoms with Gasteiger partial charge in [-0.05, 0) is 25.5 Å². The van der Waals surface area contributed by atoms with Crippen molar-refractivity contribution in [3.8, 4) is 5.75 Å². The molecule has 1 aromatic rings. The fourth-order valence-electron chi connectivity index (χ4n) is 1.99. The van der Waals surface area contributed by atoms with Crippen LogP contribution in [0.15, 0.2) is 24.3 Å². The first-order valence-corrected chi connectivity index (χ1v) is 5.84. The molecule has 96 valence electrons. The maximum atomic E-state index is 5.87. The highest BCUT2D eigenvalue weighted by Gasteiger charge is 2.13. The molecule has 2 rings (SSSR count). The van der Waals surface area contributed by atoms with Gasteiger partial charge in [-0.1, -0.05) is 18.2 Å². The number of hydrogen-bond donors (Lipinski definition) is 1. The van der Waals surface area contributed by atoms with Crippen molar-refractivity contribution in [1.82, 2.24) is 5.32 Å². The summed E-state index contributed by atoms with van der Waals surface area (Å²) in [6, 6.07) is 8.01. The number of benzene rings is 1. The number of hydrogen-bond acceptors (Lipinski definition) is 3. The monoisotopic (exact) mass is 257 g/mol. The van der Waals surface area contributed by atoms with E-state index in [-0.39, 0.29) is 12.4 Å². The zero-order valence-corrected chi connectivity index (χ0v) is 11.0. The molecule has 0 aliphatic carbocycles. The molecule has 0 bridgehead atoms. The molecule has 0 spiro atoms. The van der Waals surface area contributed by atoms with Crippen molar-refractivity contribution in [2.45, 2.75) is 25.6 Å². The van der Waals surface area contributed by atoms with Crippen LogP contribution in [0.3, 0.4) is 0 Å². The first kappa shape index (κ1) is 14.3. The van der Waals surface area contributed by atoms with Crippen molar-refractivity contribution >= 4 is 12.4 Å². The second-order valence-electron chi connectivity index (χ2n) is 4.09.